The first-order valence-corrected chi connectivity index (χ1v) is 9.20. The smallest absolute Gasteiger partial charge is 0.250 e. The Morgan fingerprint density at radius 1 is 0.821 bits per heavy atom. The van der Waals surface area contributed by atoms with Gasteiger partial charge in [-0.2, -0.15) is 5.10 Å². The molecule has 0 bridgehead atoms. The fraction of sp³-hybridized carbons (Fsp3) is 0.174. The van der Waals surface area contributed by atoms with Crippen molar-refractivity contribution in [3.05, 3.63) is 96.1 Å². The maximum atomic E-state index is 5.89. The topological polar surface area (TPSA) is 52.8 Å². The van der Waals surface area contributed by atoms with E-state index in [1.807, 2.05) is 18.2 Å². The van der Waals surface area contributed by atoms with E-state index < -0.39 is 0 Å². The molecule has 0 N–H and O–H groups in total. The van der Waals surface area contributed by atoms with E-state index in [4.69, 9.17) is 4.74 Å². The van der Waals surface area contributed by atoms with Gasteiger partial charge in [-0.25, -0.2) is 14.6 Å². The molecular weight excluding hydrogens is 348 g/mol. The molecule has 0 spiro atoms. The second-order valence-electron chi connectivity index (χ2n) is 7.29. The van der Waals surface area contributed by atoms with Crippen LogP contribution in [0.5, 0.6) is 11.5 Å². The highest BCUT2D eigenvalue weighted by molar-refractivity contribution is 5.41. The molecule has 140 valence electrons. The largest absolute Gasteiger partial charge is 0.454 e. The normalized spacial score (nSPS) is 11.4. The zero-order chi connectivity index (χ0) is 19.6. The Labute approximate surface area is 164 Å². The molecule has 0 atom stereocenters. The summed E-state index contributed by atoms with van der Waals surface area (Å²) >= 11 is 0. The number of hydrogen-bond acceptors (Lipinski definition) is 4. The molecule has 0 fully saturated rings. The van der Waals surface area contributed by atoms with Crippen LogP contribution in [0, 0.1) is 6.92 Å². The molecule has 4 aromatic rings. The van der Waals surface area contributed by atoms with Gasteiger partial charge in [0.1, 0.15) is 5.75 Å². The molecule has 0 aliphatic heterocycles. The van der Waals surface area contributed by atoms with Crippen molar-refractivity contribution >= 4 is 0 Å². The minimum atomic E-state index is -0.0826. The Kier molecular flexibility index (Phi) is 4.65. The lowest BCUT2D eigenvalue weighted by atomic mass is 9.78. The fourth-order valence-corrected chi connectivity index (χ4v) is 3.08. The van der Waals surface area contributed by atoms with Crippen LogP contribution in [0.1, 0.15) is 30.5 Å². The van der Waals surface area contributed by atoms with Gasteiger partial charge in [0.2, 0.25) is 0 Å². The predicted octanol–water partition coefficient (Wildman–Crippen LogP) is 5.09. The van der Waals surface area contributed by atoms with Crippen LogP contribution in [-0.4, -0.2) is 19.7 Å². The van der Waals surface area contributed by atoms with Crippen LogP contribution in [0.15, 0.2) is 79.4 Å². The van der Waals surface area contributed by atoms with Crippen molar-refractivity contribution in [2.45, 2.75) is 26.2 Å². The first kappa shape index (κ1) is 17.9. The van der Waals surface area contributed by atoms with Crippen molar-refractivity contribution in [2.75, 3.05) is 0 Å². The number of benzene rings is 2. The quantitative estimate of drug-likeness (QED) is 0.491. The van der Waals surface area contributed by atoms with E-state index in [2.05, 4.69) is 72.2 Å². The van der Waals surface area contributed by atoms with Crippen molar-refractivity contribution in [1.82, 2.24) is 19.7 Å². The second-order valence-corrected chi connectivity index (χ2v) is 7.29. The lowest BCUT2D eigenvalue weighted by molar-refractivity contribution is 0.476. The number of rotatable bonds is 5. The van der Waals surface area contributed by atoms with Crippen LogP contribution in [-0.2, 0) is 5.41 Å². The van der Waals surface area contributed by atoms with Crippen LogP contribution < -0.4 is 4.74 Å². The molecule has 0 amide bonds. The van der Waals surface area contributed by atoms with Crippen molar-refractivity contribution < 1.29 is 4.74 Å². The van der Waals surface area contributed by atoms with Gasteiger partial charge in [0.15, 0.2) is 5.75 Å². The minimum Gasteiger partial charge on any atom is -0.454 e. The highest BCUT2D eigenvalue weighted by Gasteiger charge is 2.22. The first-order chi connectivity index (χ1) is 13.5. The number of nitrogens with zero attached hydrogens (tertiary/aromatic N) is 4. The average molecular weight is 370 g/mol. The lowest BCUT2D eigenvalue weighted by Gasteiger charge is -2.26. The van der Waals surface area contributed by atoms with E-state index in [1.54, 1.807) is 29.5 Å². The molecule has 0 aliphatic rings. The third kappa shape index (κ3) is 3.64. The molecule has 0 radical (unpaired) electrons. The Morgan fingerprint density at radius 3 is 2.00 bits per heavy atom. The van der Waals surface area contributed by atoms with Gasteiger partial charge in [0.25, 0.3) is 5.95 Å². The van der Waals surface area contributed by atoms with Gasteiger partial charge in [-0.05, 0) is 36.2 Å². The molecule has 28 heavy (non-hydrogen) atoms. The van der Waals surface area contributed by atoms with Crippen LogP contribution >= 0.6 is 0 Å². The van der Waals surface area contributed by atoms with Gasteiger partial charge < -0.3 is 4.74 Å². The summed E-state index contributed by atoms with van der Waals surface area (Å²) in [4.78, 5) is 8.57. The number of ether oxygens (including phenoxy) is 1. The van der Waals surface area contributed by atoms with Crippen molar-refractivity contribution in [3.8, 4) is 17.4 Å². The maximum absolute atomic E-state index is 5.89. The fourth-order valence-electron chi connectivity index (χ4n) is 3.08. The summed E-state index contributed by atoms with van der Waals surface area (Å²) in [5.41, 5.74) is 3.70. The predicted molar refractivity (Wildman–Crippen MR) is 109 cm³/mol. The van der Waals surface area contributed by atoms with E-state index in [1.165, 1.54) is 16.7 Å². The maximum Gasteiger partial charge on any atom is 0.250 e. The van der Waals surface area contributed by atoms with E-state index in [9.17, 15) is 0 Å². The minimum absolute atomic E-state index is 0.0826. The zero-order valence-corrected chi connectivity index (χ0v) is 16.2. The number of aryl methyl sites for hydroxylation is 1. The molecule has 0 aliphatic carbocycles. The molecule has 5 heteroatoms. The van der Waals surface area contributed by atoms with Gasteiger partial charge in [-0.1, -0.05) is 55.8 Å². The summed E-state index contributed by atoms with van der Waals surface area (Å²) in [7, 11) is 0. The summed E-state index contributed by atoms with van der Waals surface area (Å²) in [6.45, 7) is 6.57. The third-order valence-electron chi connectivity index (χ3n) is 4.91. The van der Waals surface area contributed by atoms with Crippen molar-refractivity contribution in [1.29, 1.82) is 0 Å². The van der Waals surface area contributed by atoms with Gasteiger partial charge in [0, 0.05) is 17.8 Å². The highest BCUT2D eigenvalue weighted by atomic mass is 16.5. The van der Waals surface area contributed by atoms with E-state index in [-0.39, 0.29) is 5.41 Å². The summed E-state index contributed by atoms with van der Waals surface area (Å²) in [5, 5.41) is 4.11. The van der Waals surface area contributed by atoms with E-state index >= 15 is 0 Å². The monoisotopic (exact) mass is 370 g/mol. The first-order valence-electron chi connectivity index (χ1n) is 9.20. The third-order valence-corrected chi connectivity index (χ3v) is 4.91. The number of aromatic nitrogens is 4. The summed E-state index contributed by atoms with van der Waals surface area (Å²) < 4.78 is 7.49. The molecule has 4 rings (SSSR count). The molecule has 2 heterocycles. The molecule has 2 aromatic heterocycles. The summed E-state index contributed by atoms with van der Waals surface area (Å²) in [5.74, 6) is 1.84. The molecule has 2 aromatic carbocycles. The average Bonchev–Trinajstić information content (AvgIpc) is 3.24. The standard InChI is InChI=1S/C23H22N4O/c1-17-5-7-18(8-6-17)23(2,3)19-9-11-20(12-10-19)28-21-15-24-22(25-16-21)27-14-4-13-26-27/h4-16H,1-3H3. The Bertz CT molecular complexity index is 1040. The van der Waals surface area contributed by atoms with Gasteiger partial charge >= 0.3 is 0 Å². The van der Waals surface area contributed by atoms with Gasteiger partial charge in [-0.3, -0.25) is 0 Å². The molecule has 0 saturated carbocycles. The Morgan fingerprint density at radius 2 is 1.43 bits per heavy atom. The zero-order valence-electron chi connectivity index (χ0n) is 16.2. The summed E-state index contributed by atoms with van der Waals surface area (Å²) in [6, 6.07) is 18.7. The van der Waals surface area contributed by atoms with Crippen LogP contribution in [0.4, 0.5) is 0 Å². The Balaban J connectivity index is 1.49. The highest BCUT2D eigenvalue weighted by Crippen LogP contribution is 2.33. The van der Waals surface area contributed by atoms with Crippen LogP contribution in [0.25, 0.3) is 5.95 Å². The number of hydrogen-bond donors (Lipinski definition) is 0. The lowest BCUT2D eigenvalue weighted by Crippen LogP contribution is -2.18. The van der Waals surface area contributed by atoms with Gasteiger partial charge in [-0.15, -0.1) is 0 Å². The molecule has 5 nitrogen and oxygen atoms in total. The van der Waals surface area contributed by atoms with Gasteiger partial charge in [0.05, 0.1) is 12.4 Å². The molecular formula is C23H22N4O. The van der Waals surface area contributed by atoms with E-state index in [0.717, 1.165) is 5.75 Å². The van der Waals surface area contributed by atoms with E-state index in [0.29, 0.717) is 11.7 Å². The Hall–Kier alpha value is -3.47. The molecule has 0 unspecified atom stereocenters. The SMILES string of the molecule is Cc1ccc(C(C)(C)c2ccc(Oc3cnc(-n4cccn4)nc3)cc2)cc1. The van der Waals surface area contributed by atoms with Crippen molar-refractivity contribution in [3.63, 3.8) is 0 Å². The summed E-state index contributed by atoms with van der Waals surface area (Å²) in [6.07, 6.45) is 6.78. The molecule has 0 saturated heterocycles. The van der Waals surface area contributed by atoms with Crippen LogP contribution in [0.2, 0.25) is 0 Å². The van der Waals surface area contributed by atoms with Crippen LogP contribution in [0.3, 0.4) is 0 Å². The van der Waals surface area contributed by atoms with Crippen molar-refractivity contribution in [2.24, 2.45) is 0 Å². The second kappa shape index (κ2) is 7.27.